The van der Waals surface area contributed by atoms with Crippen LogP contribution in [-0.2, 0) is 9.59 Å². The number of amides is 2. The monoisotopic (exact) mass is 347 g/mol. The third kappa shape index (κ3) is 4.31. The van der Waals surface area contributed by atoms with Gasteiger partial charge in [0.1, 0.15) is 6.04 Å². The van der Waals surface area contributed by atoms with Crippen molar-refractivity contribution in [1.82, 2.24) is 25.8 Å². The van der Waals surface area contributed by atoms with Crippen LogP contribution >= 0.6 is 11.8 Å². The Labute approximate surface area is 142 Å². The zero-order valence-electron chi connectivity index (χ0n) is 12.9. The molecule has 3 heterocycles. The second-order valence-corrected chi connectivity index (χ2v) is 6.31. The highest BCUT2D eigenvalue weighted by Gasteiger charge is 2.23. The zero-order valence-corrected chi connectivity index (χ0v) is 13.7. The van der Waals surface area contributed by atoms with Gasteiger partial charge >= 0.3 is 0 Å². The third-order valence-electron chi connectivity index (χ3n) is 3.51. The van der Waals surface area contributed by atoms with E-state index in [9.17, 15) is 9.59 Å². The van der Waals surface area contributed by atoms with Crippen LogP contribution in [0.15, 0.2) is 34.2 Å². The quantitative estimate of drug-likeness (QED) is 0.750. The van der Waals surface area contributed by atoms with Gasteiger partial charge in [-0.3, -0.25) is 14.6 Å². The van der Waals surface area contributed by atoms with E-state index in [-0.39, 0.29) is 18.2 Å². The summed E-state index contributed by atoms with van der Waals surface area (Å²) in [6.45, 7) is 0.679. The minimum atomic E-state index is -0.419. The predicted molar refractivity (Wildman–Crippen MR) is 87.0 cm³/mol. The molecular formula is C15H17N5O3S. The summed E-state index contributed by atoms with van der Waals surface area (Å²) in [5.74, 6) is 0.654. The van der Waals surface area contributed by atoms with Crippen molar-refractivity contribution in [2.24, 2.45) is 0 Å². The van der Waals surface area contributed by atoms with Gasteiger partial charge in [-0.25, -0.2) is 0 Å². The van der Waals surface area contributed by atoms with Gasteiger partial charge in [-0.2, -0.15) is 0 Å². The molecule has 3 rings (SSSR count). The molecule has 2 aromatic heterocycles. The van der Waals surface area contributed by atoms with E-state index in [1.165, 1.54) is 11.8 Å². The molecule has 2 aromatic rings. The standard InChI is InChI=1S/C15H17N5O3S/c21-12(18-11-2-1-6-17-13(11)22)5-9-24-15-20-19-14(23-15)10-3-7-16-8-4-10/h3-4,7-8,11H,1-2,5-6,9H2,(H,17,22)(H,18,21)/t11-/m0/s1. The molecule has 1 aliphatic heterocycles. The second kappa shape index (κ2) is 7.91. The molecule has 2 N–H and O–H groups in total. The third-order valence-corrected chi connectivity index (χ3v) is 4.33. The summed E-state index contributed by atoms with van der Waals surface area (Å²) >= 11 is 1.31. The molecule has 0 aromatic carbocycles. The number of hydrogen-bond acceptors (Lipinski definition) is 7. The summed E-state index contributed by atoms with van der Waals surface area (Å²) in [4.78, 5) is 27.4. The number of carbonyl (C=O) groups is 2. The van der Waals surface area contributed by atoms with E-state index >= 15 is 0 Å². The highest BCUT2D eigenvalue weighted by Crippen LogP contribution is 2.22. The number of nitrogens with one attached hydrogen (secondary N) is 2. The fourth-order valence-electron chi connectivity index (χ4n) is 2.29. The lowest BCUT2D eigenvalue weighted by atomic mass is 10.1. The SMILES string of the molecule is O=C(CCSc1nnc(-c2ccncc2)o1)N[C@H]1CCCNC1=O. The van der Waals surface area contributed by atoms with Crippen molar-refractivity contribution in [1.29, 1.82) is 0 Å². The highest BCUT2D eigenvalue weighted by molar-refractivity contribution is 7.99. The van der Waals surface area contributed by atoms with Crippen molar-refractivity contribution in [3.63, 3.8) is 0 Å². The Morgan fingerprint density at radius 1 is 1.38 bits per heavy atom. The molecule has 1 aliphatic rings. The van der Waals surface area contributed by atoms with Gasteiger partial charge in [0.05, 0.1) is 0 Å². The fraction of sp³-hybridized carbons (Fsp3) is 0.400. The average molecular weight is 347 g/mol. The molecule has 0 saturated carbocycles. The molecule has 0 unspecified atom stereocenters. The molecule has 126 valence electrons. The smallest absolute Gasteiger partial charge is 0.276 e. The van der Waals surface area contributed by atoms with Gasteiger partial charge in [0.15, 0.2) is 0 Å². The number of hydrogen-bond donors (Lipinski definition) is 2. The van der Waals surface area contributed by atoms with Crippen molar-refractivity contribution in [2.45, 2.75) is 30.5 Å². The van der Waals surface area contributed by atoms with Crippen LogP contribution in [0.2, 0.25) is 0 Å². The van der Waals surface area contributed by atoms with E-state index < -0.39 is 6.04 Å². The molecule has 2 amide bonds. The van der Waals surface area contributed by atoms with Gasteiger partial charge in [-0.1, -0.05) is 11.8 Å². The molecule has 0 radical (unpaired) electrons. The van der Waals surface area contributed by atoms with Crippen LogP contribution in [0.3, 0.4) is 0 Å². The normalized spacial score (nSPS) is 17.3. The Hall–Kier alpha value is -2.42. The van der Waals surface area contributed by atoms with Gasteiger partial charge in [-0.15, -0.1) is 10.2 Å². The Morgan fingerprint density at radius 3 is 3.00 bits per heavy atom. The fourth-order valence-corrected chi connectivity index (χ4v) is 2.99. The zero-order chi connectivity index (χ0) is 16.8. The maximum Gasteiger partial charge on any atom is 0.276 e. The van der Waals surface area contributed by atoms with Crippen molar-refractivity contribution < 1.29 is 14.0 Å². The Bertz CT molecular complexity index is 706. The van der Waals surface area contributed by atoms with Crippen LogP contribution in [0.1, 0.15) is 19.3 Å². The molecule has 1 atom stereocenters. The Kier molecular flexibility index (Phi) is 5.42. The molecule has 24 heavy (non-hydrogen) atoms. The van der Waals surface area contributed by atoms with Crippen molar-refractivity contribution >= 4 is 23.6 Å². The molecule has 0 aliphatic carbocycles. The first-order valence-electron chi connectivity index (χ1n) is 7.66. The number of nitrogens with zero attached hydrogens (tertiary/aromatic N) is 3. The van der Waals surface area contributed by atoms with Crippen LogP contribution in [0.5, 0.6) is 0 Å². The number of carbonyl (C=O) groups excluding carboxylic acids is 2. The van der Waals surface area contributed by atoms with Crippen molar-refractivity contribution in [2.75, 3.05) is 12.3 Å². The largest absolute Gasteiger partial charge is 0.411 e. The molecule has 1 saturated heterocycles. The molecular weight excluding hydrogens is 330 g/mol. The number of thioether (sulfide) groups is 1. The van der Waals surface area contributed by atoms with E-state index in [0.717, 1.165) is 12.0 Å². The summed E-state index contributed by atoms with van der Waals surface area (Å²) in [5.41, 5.74) is 0.797. The van der Waals surface area contributed by atoms with Gasteiger partial charge in [0.25, 0.3) is 5.22 Å². The van der Waals surface area contributed by atoms with Crippen LogP contribution in [0, 0.1) is 0 Å². The van der Waals surface area contributed by atoms with Crippen LogP contribution in [0.4, 0.5) is 0 Å². The van der Waals surface area contributed by atoms with E-state index in [0.29, 0.717) is 29.8 Å². The lowest BCUT2D eigenvalue weighted by molar-refractivity contribution is -0.129. The first-order valence-corrected chi connectivity index (χ1v) is 8.65. The lowest BCUT2D eigenvalue weighted by Gasteiger charge is -2.22. The molecule has 0 bridgehead atoms. The van der Waals surface area contributed by atoms with Gasteiger partial charge in [-0.05, 0) is 25.0 Å². The Balaban J connectivity index is 1.44. The van der Waals surface area contributed by atoms with Gasteiger partial charge < -0.3 is 15.1 Å². The summed E-state index contributed by atoms with van der Waals surface area (Å²) in [6.07, 6.45) is 5.15. The number of pyridine rings is 1. The second-order valence-electron chi connectivity index (χ2n) is 5.26. The van der Waals surface area contributed by atoms with Crippen LogP contribution in [-0.4, -0.2) is 45.3 Å². The van der Waals surface area contributed by atoms with E-state index in [1.807, 2.05) is 0 Å². The highest BCUT2D eigenvalue weighted by atomic mass is 32.2. The topological polar surface area (TPSA) is 110 Å². The van der Waals surface area contributed by atoms with Gasteiger partial charge in [0.2, 0.25) is 17.7 Å². The maximum atomic E-state index is 11.9. The molecule has 1 fully saturated rings. The molecule has 8 nitrogen and oxygen atoms in total. The van der Waals surface area contributed by atoms with E-state index in [4.69, 9.17) is 4.42 Å². The van der Waals surface area contributed by atoms with E-state index in [2.05, 4.69) is 25.8 Å². The van der Waals surface area contributed by atoms with Crippen LogP contribution < -0.4 is 10.6 Å². The minimum absolute atomic E-state index is 0.110. The lowest BCUT2D eigenvalue weighted by Crippen LogP contribution is -2.50. The number of rotatable bonds is 6. The Morgan fingerprint density at radius 2 is 2.21 bits per heavy atom. The van der Waals surface area contributed by atoms with Crippen LogP contribution in [0.25, 0.3) is 11.5 Å². The average Bonchev–Trinajstić information content (AvgIpc) is 3.07. The van der Waals surface area contributed by atoms with Crippen molar-refractivity contribution in [3.8, 4) is 11.5 Å². The molecule has 0 spiro atoms. The summed E-state index contributed by atoms with van der Waals surface area (Å²) in [5, 5.41) is 13.8. The molecule has 9 heteroatoms. The maximum absolute atomic E-state index is 11.9. The number of piperidine rings is 1. The van der Waals surface area contributed by atoms with Gasteiger partial charge in [0, 0.05) is 36.7 Å². The first kappa shape index (κ1) is 16.4. The number of aromatic nitrogens is 3. The van der Waals surface area contributed by atoms with Crippen molar-refractivity contribution in [3.05, 3.63) is 24.5 Å². The summed E-state index contributed by atoms with van der Waals surface area (Å²) < 4.78 is 5.54. The predicted octanol–water partition coefficient (Wildman–Crippen LogP) is 1.01. The summed E-state index contributed by atoms with van der Waals surface area (Å²) in [6, 6.07) is 3.15. The first-order chi connectivity index (χ1) is 11.7. The summed E-state index contributed by atoms with van der Waals surface area (Å²) in [7, 11) is 0. The van der Waals surface area contributed by atoms with E-state index in [1.54, 1.807) is 24.5 Å². The minimum Gasteiger partial charge on any atom is -0.411 e.